The Morgan fingerprint density at radius 1 is 1.29 bits per heavy atom. The highest BCUT2D eigenvalue weighted by molar-refractivity contribution is 5.83. The van der Waals surface area contributed by atoms with Gasteiger partial charge in [-0.3, -0.25) is 4.90 Å². The molecule has 1 unspecified atom stereocenters. The highest BCUT2D eigenvalue weighted by Gasteiger charge is 2.68. The second-order valence-electron chi connectivity index (χ2n) is 9.21. The van der Waals surface area contributed by atoms with Crippen molar-refractivity contribution in [3.8, 4) is 0 Å². The summed E-state index contributed by atoms with van der Waals surface area (Å²) in [5.41, 5.74) is -0.0697. The average Bonchev–Trinajstić information content (AvgIpc) is 3.07. The van der Waals surface area contributed by atoms with Crippen LogP contribution < -0.4 is 0 Å². The Morgan fingerprint density at radius 3 is 2.68 bits per heavy atom. The number of aromatic nitrogens is 2. The first-order valence-corrected chi connectivity index (χ1v) is 10.4. The van der Waals surface area contributed by atoms with E-state index in [1.807, 2.05) is 30.3 Å². The smallest absolute Gasteiger partial charge is 0.411 e. The first kappa shape index (κ1) is 21.1. The van der Waals surface area contributed by atoms with Crippen molar-refractivity contribution in [3.05, 3.63) is 54.2 Å². The van der Waals surface area contributed by atoms with Gasteiger partial charge in [-0.25, -0.2) is 9.59 Å². The van der Waals surface area contributed by atoms with E-state index in [1.165, 1.54) is 6.08 Å². The summed E-state index contributed by atoms with van der Waals surface area (Å²) in [7, 11) is 0. The Hall–Kier alpha value is -3.16. The summed E-state index contributed by atoms with van der Waals surface area (Å²) in [5, 5.41) is 3.85. The number of hydrogen-bond acceptors (Lipinski definition) is 7. The number of fused-ring (bicyclic) bond motifs is 1. The molecule has 0 spiro atoms. The largest absolute Gasteiger partial charge is 0.459 e. The van der Waals surface area contributed by atoms with Gasteiger partial charge in [-0.1, -0.05) is 42.1 Å². The lowest BCUT2D eigenvalue weighted by Crippen LogP contribution is -2.46. The molecule has 0 radical (unpaired) electrons. The molecule has 0 N–H and O–H groups in total. The summed E-state index contributed by atoms with van der Waals surface area (Å²) < 4.78 is 16.5. The molecule has 1 aromatic carbocycles. The molecule has 2 heterocycles. The molecule has 4 rings (SSSR count). The number of ether oxygens (including phenoxy) is 2. The van der Waals surface area contributed by atoms with Crippen molar-refractivity contribution in [2.45, 2.75) is 64.3 Å². The maximum Gasteiger partial charge on any atom is 0.411 e. The van der Waals surface area contributed by atoms with Gasteiger partial charge in [-0.2, -0.15) is 4.98 Å². The van der Waals surface area contributed by atoms with E-state index in [-0.39, 0.29) is 18.1 Å². The van der Waals surface area contributed by atoms with Gasteiger partial charge in [-0.05, 0) is 45.3 Å². The zero-order valence-electron chi connectivity index (χ0n) is 18.0. The maximum atomic E-state index is 13.0. The molecule has 1 aliphatic heterocycles. The summed E-state index contributed by atoms with van der Waals surface area (Å²) in [6, 6.07) is 8.61. The average molecular weight is 425 g/mol. The van der Waals surface area contributed by atoms with Crippen LogP contribution in [-0.4, -0.2) is 44.8 Å². The van der Waals surface area contributed by atoms with Crippen LogP contribution in [0, 0.1) is 5.41 Å². The monoisotopic (exact) mass is 425 g/mol. The molecule has 31 heavy (non-hydrogen) atoms. The number of likely N-dealkylation sites (tertiary alicyclic amines) is 1. The number of rotatable bonds is 6. The molecule has 8 nitrogen and oxygen atoms in total. The molecule has 2 fully saturated rings. The molecule has 1 saturated heterocycles. The highest BCUT2D eigenvalue weighted by Crippen LogP contribution is 2.61. The van der Waals surface area contributed by atoms with Crippen LogP contribution in [0.5, 0.6) is 0 Å². The minimum Gasteiger partial charge on any atom is -0.459 e. The number of carbonyl (C=O) groups is 2. The Bertz CT molecular complexity index is 981. The van der Waals surface area contributed by atoms with Crippen LogP contribution in [0.4, 0.5) is 4.79 Å². The normalized spacial score (nSPS) is 24.4. The van der Waals surface area contributed by atoms with Crippen LogP contribution in [0.3, 0.4) is 0 Å². The van der Waals surface area contributed by atoms with Crippen molar-refractivity contribution in [2.75, 3.05) is 0 Å². The molecule has 0 bridgehead atoms. The van der Waals surface area contributed by atoms with Crippen LogP contribution >= 0.6 is 0 Å². The van der Waals surface area contributed by atoms with Gasteiger partial charge in [0.15, 0.2) is 5.82 Å². The minimum atomic E-state index is -0.709. The Kier molecular flexibility index (Phi) is 5.33. The van der Waals surface area contributed by atoms with Crippen LogP contribution in [-0.2, 0) is 27.3 Å². The molecule has 2 aromatic rings. The highest BCUT2D eigenvalue weighted by atomic mass is 16.6. The van der Waals surface area contributed by atoms with Crippen molar-refractivity contribution in [2.24, 2.45) is 5.41 Å². The van der Waals surface area contributed by atoms with Gasteiger partial charge >= 0.3 is 12.1 Å². The molecule has 1 saturated carbocycles. The van der Waals surface area contributed by atoms with Crippen LogP contribution in [0.2, 0.25) is 0 Å². The second kappa shape index (κ2) is 7.83. The SMILES string of the molecule is C=Cc1noc(C[C@]23CC2N(C(=O)OC(C)(C)C)[C@H](C(=O)OCc2ccccc2)C3)n1. The zero-order chi connectivity index (χ0) is 22.2. The van der Waals surface area contributed by atoms with Gasteiger partial charge in [0, 0.05) is 17.9 Å². The van der Waals surface area contributed by atoms with Gasteiger partial charge in [0.25, 0.3) is 0 Å². The molecule has 1 amide bonds. The number of piperidine rings is 1. The van der Waals surface area contributed by atoms with Crippen molar-refractivity contribution in [3.63, 3.8) is 0 Å². The first-order chi connectivity index (χ1) is 14.7. The van der Waals surface area contributed by atoms with Crippen LogP contribution in [0.1, 0.15) is 50.9 Å². The standard InChI is InChI=1S/C23H27N3O5/c1-5-18-24-19(31-25-18)13-23-11-16(20(27)29-14-15-9-7-6-8-10-15)26(17(23)12-23)21(28)30-22(2,3)4/h5-10,16-17H,1,11-14H2,2-4H3/t16-,17?,23-/m0/s1. The molecule has 2 aliphatic rings. The lowest BCUT2D eigenvalue weighted by molar-refractivity contribution is -0.150. The van der Waals surface area contributed by atoms with E-state index in [2.05, 4.69) is 16.7 Å². The van der Waals surface area contributed by atoms with Crippen molar-refractivity contribution in [1.82, 2.24) is 15.0 Å². The number of carbonyl (C=O) groups excluding carboxylic acids is 2. The Balaban J connectivity index is 1.51. The second-order valence-corrected chi connectivity index (χ2v) is 9.21. The van der Waals surface area contributed by atoms with Crippen molar-refractivity contribution >= 4 is 18.1 Å². The zero-order valence-corrected chi connectivity index (χ0v) is 18.0. The predicted octanol–water partition coefficient (Wildman–Crippen LogP) is 3.77. The van der Waals surface area contributed by atoms with E-state index in [9.17, 15) is 9.59 Å². The van der Waals surface area contributed by atoms with E-state index in [0.717, 1.165) is 12.0 Å². The van der Waals surface area contributed by atoms with Crippen molar-refractivity contribution in [1.29, 1.82) is 0 Å². The summed E-state index contributed by atoms with van der Waals surface area (Å²) in [4.78, 5) is 31.8. The van der Waals surface area contributed by atoms with E-state index < -0.39 is 23.7 Å². The fraction of sp³-hybridized carbons (Fsp3) is 0.478. The van der Waals surface area contributed by atoms with E-state index >= 15 is 0 Å². The quantitative estimate of drug-likeness (QED) is 0.650. The number of esters is 1. The van der Waals surface area contributed by atoms with Gasteiger partial charge in [-0.15, -0.1) is 0 Å². The Labute approximate surface area is 181 Å². The summed E-state index contributed by atoms with van der Waals surface area (Å²) >= 11 is 0. The minimum absolute atomic E-state index is 0.129. The van der Waals surface area contributed by atoms with E-state index in [1.54, 1.807) is 25.7 Å². The first-order valence-electron chi connectivity index (χ1n) is 10.4. The Morgan fingerprint density at radius 2 is 2.03 bits per heavy atom. The lowest BCUT2D eigenvalue weighted by Gasteiger charge is -2.29. The number of hydrogen-bond donors (Lipinski definition) is 0. The number of benzene rings is 1. The van der Waals surface area contributed by atoms with Gasteiger partial charge in [0.05, 0.1) is 0 Å². The van der Waals surface area contributed by atoms with Crippen LogP contribution in [0.25, 0.3) is 6.08 Å². The van der Waals surface area contributed by atoms with E-state index in [4.69, 9.17) is 14.0 Å². The molecule has 1 aromatic heterocycles. The maximum absolute atomic E-state index is 13.0. The van der Waals surface area contributed by atoms with Crippen LogP contribution in [0.15, 0.2) is 41.4 Å². The fourth-order valence-corrected chi connectivity index (χ4v) is 4.22. The topological polar surface area (TPSA) is 94.8 Å². The van der Waals surface area contributed by atoms with Gasteiger partial charge < -0.3 is 14.0 Å². The fourth-order valence-electron chi connectivity index (χ4n) is 4.22. The molecule has 8 heteroatoms. The third kappa shape index (κ3) is 4.47. The van der Waals surface area contributed by atoms with Crippen molar-refractivity contribution < 1.29 is 23.6 Å². The van der Waals surface area contributed by atoms with Gasteiger partial charge in [0.1, 0.15) is 18.2 Å². The van der Waals surface area contributed by atoms with E-state index in [0.29, 0.717) is 24.6 Å². The molecular weight excluding hydrogens is 398 g/mol. The summed E-state index contributed by atoms with van der Waals surface area (Å²) in [6.07, 6.45) is 2.72. The molecule has 164 valence electrons. The van der Waals surface area contributed by atoms with Gasteiger partial charge in [0.2, 0.25) is 5.89 Å². The summed E-state index contributed by atoms with van der Waals surface area (Å²) in [6.45, 7) is 9.21. The summed E-state index contributed by atoms with van der Waals surface area (Å²) in [5.74, 6) is 0.461. The lowest BCUT2D eigenvalue weighted by atomic mass is 9.95. The number of nitrogens with zero attached hydrogens (tertiary/aromatic N) is 3. The predicted molar refractivity (Wildman–Crippen MR) is 112 cm³/mol. The molecular formula is C23H27N3O5. The molecule has 3 atom stereocenters. The third-order valence-corrected chi connectivity index (χ3v) is 5.69. The number of amides is 1. The third-order valence-electron chi connectivity index (χ3n) is 5.69. The molecule has 1 aliphatic carbocycles.